The predicted octanol–water partition coefficient (Wildman–Crippen LogP) is 4.97. The van der Waals surface area contributed by atoms with Crippen LogP contribution in [0.5, 0.6) is 0 Å². The number of hydrogen-bond acceptors (Lipinski definition) is 2. The fraction of sp³-hybridized carbons (Fsp3) is 0.269. The molecule has 3 aromatic carbocycles. The van der Waals surface area contributed by atoms with Crippen molar-refractivity contribution in [3.05, 3.63) is 108 Å². The van der Waals surface area contributed by atoms with Gasteiger partial charge in [0.25, 0.3) is 5.91 Å². The first-order chi connectivity index (χ1) is 14.2. The van der Waals surface area contributed by atoms with Gasteiger partial charge in [0.2, 0.25) is 0 Å². The van der Waals surface area contributed by atoms with E-state index >= 15 is 0 Å². The van der Waals surface area contributed by atoms with Crippen molar-refractivity contribution in [2.24, 2.45) is 5.92 Å². The maximum atomic E-state index is 13.6. The quantitative estimate of drug-likeness (QED) is 0.629. The summed E-state index contributed by atoms with van der Waals surface area (Å²) in [4.78, 5) is 13.6. The standard InChI is InChI=1S/C26H27NO2/c28-25(26(29,23-18-10-11-19-23)22-16-8-3-9-17-22)27-24(20-12-4-1-5-13-20)21-14-6-2-7-15-21/h1-9,12-17,23-24,29H,10-11,18-19H2,(H,27,28)/t26-/m0/s1. The molecule has 1 fully saturated rings. The summed E-state index contributed by atoms with van der Waals surface area (Å²) in [5.74, 6) is -0.398. The van der Waals surface area contributed by atoms with Crippen molar-refractivity contribution in [3.8, 4) is 0 Å². The smallest absolute Gasteiger partial charge is 0.257 e. The number of carbonyl (C=O) groups excluding carboxylic acids is 1. The van der Waals surface area contributed by atoms with Crippen LogP contribution in [0.2, 0.25) is 0 Å². The van der Waals surface area contributed by atoms with E-state index in [0.717, 1.165) is 36.8 Å². The van der Waals surface area contributed by atoms with Crippen molar-refractivity contribution < 1.29 is 9.90 Å². The van der Waals surface area contributed by atoms with Crippen LogP contribution in [0.4, 0.5) is 0 Å². The van der Waals surface area contributed by atoms with E-state index < -0.39 is 5.60 Å². The van der Waals surface area contributed by atoms with Crippen LogP contribution in [0.3, 0.4) is 0 Å². The summed E-state index contributed by atoms with van der Waals surface area (Å²) in [7, 11) is 0. The molecule has 148 valence electrons. The van der Waals surface area contributed by atoms with Gasteiger partial charge in [-0.25, -0.2) is 0 Å². The van der Waals surface area contributed by atoms with Crippen LogP contribution in [0, 0.1) is 5.92 Å². The Balaban J connectivity index is 1.71. The monoisotopic (exact) mass is 385 g/mol. The molecule has 0 heterocycles. The number of carbonyl (C=O) groups is 1. The maximum absolute atomic E-state index is 13.6. The number of rotatable bonds is 6. The molecule has 1 saturated carbocycles. The topological polar surface area (TPSA) is 49.3 Å². The largest absolute Gasteiger partial charge is 0.375 e. The third-order valence-corrected chi connectivity index (χ3v) is 6.05. The molecule has 0 aromatic heterocycles. The maximum Gasteiger partial charge on any atom is 0.257 e. The molecule has 4 rings (SSSR count). The molecule has 0 spiro atoms. The van der Waals surface area contributed by atoms with Gasteiger partial charge >= 0.3 is 0 Å². The lowest BCUT2D eigenvalue weighted by Crippen LogP contribution is -2.50. The molecule has 2 N–H and O–H groups in total. The Bertz CT molecular complexity index is 881. The Labute approximate surface area is 172 Å². The van der Waals surface area contributed by atoms with Gasteiger partial charge in [-0.2, -0.15) is 0 Å². The highest BCUT2D eigenvalue weighted by Crippen LogP contribution is 2.41. The van der Waals surface area contributed by atoms with Crippen LogP contribution in [0.25, 0.3) is 0 Å². The summed E-state index contributed by atoms with van der Waals surface area (Å²) >= 11 is 0. The second kappa shape index (κ2) is 8.62. The number of aliphatic hydroxyl groups is 1. The van der Waals surface area contributed by atoms with Gasteiger partial charge in [-0.3, -0.25) is 4.79 Å². The Morgan fingerprint density at radius 1 is 0.793 bits per heavy atom. The molecular weight excluding hydrogens is 358 g/mol. The van der Waals surface area contributed by atoms with E-state index in [0.29, 0.717) is 5.56 Å². The van der Waals surface area contributed by atoms with E-state index in [4.69, 9.17) is 0 Å². The van der Waals surface area contributed by atoms with Crippen molar-refractivity contribution in [2.75, 3.05) is 0 Å². The summed E-state index contributed by atoms with van der Waals surface area (Å²) in [5, 5.41) is 15.0. The minimum Gasteiger partial charge on any atom is -0.375 e. The van der Waals surface area contributed by atoms with E-state index in [1.54, 1.807) is 0 Å². The average molecular weight is 386 g/mol. The summed E-state index contributed by atoms with van der Waals surface area (Å²) < 4.78 is 0. The van der Waals surface area contributed by atoms with Crippen LogP contribution in [-0.4, -0.2) is 11.0 Å². The first kappa shape index (κ1) is 19.4. The number of amides is 1. The normalized spacial score (nSPS) is 16.5. The third kappa shape index (κ3) is 3.96. The Morgan fingerprint density at radius 3 is 1.72 bits per heavy atom. The molecule has 29 heavy (non-hydrogen) atoms. The highest BCUT2D eigenvalue weighted by Gasteiger charge is 2.46. The molecule has 3 aromatic rings. The summed E-state index contributed by atoms with van der Waals surface area (Å²) in [5.41, 5.74) is 1.13. The third-order valence-electron chi connectivity index (χ3n) is 6.05. The van der Waals surface area contributed by atoms with Crippen molar-refractivity contribution in [1.82, 2.24) is 5.32 Å². The molecule has 1 amide bonds. The molecule has 1 aliphatic rings. The SMILES string of the molecule is O=C(NC(c1ccccc1)c1ccccc1)[C@](O)(c1ccccc1)C1CCCC1. The van der Waals surface area contributed by atoms with Crippen molar-refractivity contribution in [1.29, 1.82) is 0 Å². The second-order valence-electron chi connectivity index (χ2n) is 7.84. The van der Waals surface area contributed by atoms with Gasteiger partial charge in [-0.05, 0) is 29.5 Å². The van der Waals surface area contributed by atoms with Gasteiger partial charge in [0, 0.05) is 5.92 Å². The first-order valence-electron chi connectivity index (χ1n) is 10.4. The van der Waals surface area contributed by atoms with Crippen LogP contribution >= 0.6 is 0 Å². The van der Waals surface area contributed by atoms with E-state index in [1.807, 2.05) is 91.0 Å². The zero-order valence-electron chi connectivity index (χ0n) is 16.5. The Morgan fingerprint density at radius 2 is 1.24 bits per heavy atom. The van der Waals surface area contributed by atoms with Gasteiger partial charge in [0.1, 0.15) is 0 Å². The Kier molecular flexibility index (Phi) is 5.77. The fourth-order valence-corrected chi connectivity index (χ4v) is 4.48. The predicted molar refractivity (Wildman–Crippen MR) is 115 cm³/mol. The van der Waals surface area contributed by atoms with Crippen molar-refractivity contribution >= 4 is 5.91 Å². The zero-order chi connectivity index (χ0) is 20.1. The molecule has 3 heteroatoms. The van der Waals surface area contributed by atoms with Crippen LogP contribution in [-0.2, 0) is 10.4 Å². The first-order valence-corrected chi connectivity index (χ1v) is 10.4. The van der Waals surface area contributed by atoms with E-state index in [9.17, 15) is 9.90 Å². The molecule has 0 saturated heterocycles. The van der Waals surface area contributed by atoms with Crippen molar-refractivity contribution in [3.63, 3.8) is 0 Å². The molecule has 1 aliphatic carbocycles. The number of hydrogen-bond donors (Lipinski definition) is 2. The lowest BCUT2D eigenvalue weighted by atomic mass is 9.79. The lowest BCUT2D eigenvalue weighted by molar-refractivity contribution is -0.148. The highest BCUT2D eigenvalue weighted by molar-refractivity contribution is 5.87. The van der Waals surface area contributed by atoms with Crippen molar-refractivity contribution in [2.45, 2.75) is 37.3 Å². The zero-order valence-corrected chi connectivity index (χ0v) is 16.5. The summed E-state index contributed by atoms with van der Waals surface area (Å²) in [6, 6.07) is 28.9. The molecular formula is C26H27NO2. The summed E-state index contributed by atoms with van der Waals surface area (Å²) in [6.07, 6.45) is 3.82. The van der Waals surface area contributed by atoms with Gasteiger partial charge in [-0.15, -0.1) is 0 Å². The minimum absolute atomic E-state index is 0.0721. The van der Waals surface area contributed by atoms with Crippen LogP contribution < -0.4 is 5.32 Å². The number of nitrogens with one attached hydrogen (secondary N) is 1. The molecule has 0 unspecified atom stereocenters. The molecule has 0 aliphatic heterocycles. The molecule has 1 atom stereocenters. The molecule has 0 bridgehead atoms. The highest BCUT2D eigenvalue weighted by atomic mass is 16.3. The molecule has 0 radical (unpaired) electrons. The average Bonchev–Trinajstić information content (AvgIpc) is 3.34. The van der Waals surface area contributed by atoms with Crippen LogP contribution in [0.1, 0.15) is 48.4 Å². The van der Waals surface area contributed by atoms with E-state index in [-0.39, 0.29) is 17.9 Å². The minimum atomic E-state index is -1.53. The van der Waals surface area contributed by atoms with E-state index in [2.05, 4.69) is 5.32 Å². The second-order valence-corrected chi connectivity index (χ2v) is 7.84. The van der Waals surface area contributed by atoms with Gasteiger partial charge < -0.3 is 10.4 Å². The van der Waals surface area contributed by atoms with Gasteiger partial charge in [-0.1, -0.05) is 104 Å². The number of benzene rings is 3. The Hall–Kier alpha value is -2.91. The van der Waals surface area contributed by atoms with Gasteiger partial charge in [0.05, 0.1) is 6.04 Å². The van der Waals surface area contributed by atoms with E-state index in [1.165, 1.54) is 0 Å². The molecule has 3 nitrogen and oxygen atoms in total. The van der Waals surface area contributed by atoms with Gasteiger partial charge in [0.15, 0.2) is 5.60 Å². The lowest BCUT2D eigenvalue weighted by Gasteiger charge is -2.35. The van der Waals surface area contributed by atoms with Crippen LogP contribution in [0.15, 0.2) is 91.0 Å². The summed E-state index contributed by atoms with van der Waals surface area (Å²) in [6.45, 7) is 0. The fourth-order valence-electron chi connectivity index (χ4n) is 4.48.